The minimum Gasteiger partial charge on any atom is -0.493 e. The Morgan fingerprint density at radius 1 is 0.784 bits per heavy atom. The summed E-state index contributed by atoms with van der Waals surface area (Å²) in [6.45, 7) is 2.45. The summed E-state index contributed by atoms with van der Waals surface area (Å²) in [6.07, 6.45) is 1.35. The Balaban J connectivity index is 1.86. The van der Waals surface area contributed by atoms with Gasteiger partial charge in [-0.05, 0) is 61.5 Å². The van der Waals surface area contributed by atoms with Crippen molar-refractivity contribution >= 4 is 46.5 Å². The topological polar surface area (TPSA) is 119 Å². The summed E-state index contributed by atoms with van der Waals surface area (Å²) in [4.78, 5) is 25.4. The van der Waals surface area contributed by atoms with Crippen molar-refractivity contribution in [3.8, 4) is 23.0 Å². The van der Waals surface area contributed by atoms with Gasteiger partial charge in [-0.1, -0.05) is 19.1 Å². The van der Waals surface area contributed by atoms with Gasteiger partial charge < -0.3 is 29.6 Å². The lowest BCUT2D eigenvalue weighted by Crippen LogP contribution is -2.46. The zero-order chi connectivity index (χ0) is 27.4. The molecule has 0 heterocycles. The third kappa shape index (κ3) is 8.19. The maximum atomic E-state index is 12.7. The molecule has 0 aliphatic heterocycles. The average molecular weight is 549 g/mol. The smallest absolute Gasteiger partial charge is 0.261 e. The summed E-state index contributed by atoms with van der Waals surface area (Å²) in [6, 6.07) is 9.97. The van der Waals surface area contributed by atoms with Gasteiger partial charge in [-0.3, -0.25) is 20.2 Å². The Morgan fingerprint density at radius 3 is 1.70 bits per heavy atom. The molecule has 0 aliphatic rings. The molecule has 200 valence electrons. The predicted molar refractivity (Wildman–Crippen MR) is 149 cm³/mol. The SMILES string of the molecule is CCC(CCNC(=S)NC(=O)c1cccc(OC)c1OC)NC(=S)NC(=O)c1cccc(OC)c1OC. The molecule has 1 unspecified atom stereocenters. The van der Waals surface area contributed by atoms with Gasteiger partial charge >= 0.3 is 0 Å². The molecule has 0 saturated heterocycles. The molecular weight excluding hydrogens is 516 g/mol. The molecule has 4 N–H and O–H groups in total. The maximum Gasteiger partial charge on any atom is 0.261 e. The first-order valence-electron chi connectivity index (χ1n) is 11.4. The van der Waals surface area contributed by atoms with Gasteiger partial charge in [0, 0.05) is 12.6 Å². The minimum absolute atomic E-state index is 0.0514. The number of benzene rings is 2. The van der Waals surface area contributed by atoms with E-state index in [1.54, 1.807) is 36.4 Å². The van der Waals surface area contributed by atoms with Gasteiger partial charge in [-0.25, -0.2) is 0 Å². The second kappa shape index (κ2) is 14.8. The number of hydrogen-bond donors (Lipinski definition) is 4. The quantitative estimate of drug-likeness (QED) is 0.312. The van der Waals surface area contributed by atoms with Gasteiger partial charge in [0.2, 0.25) is 0 Å². The van der Waals surface area contributed by atoms with E-state index in [4.69, 9.17) is 43.4 Å². The van der Waals surface area contributed by atoms with Crippen molar-refractivity contribution in [3.63, 3.8) is 0 Å². The van der Waals surface area contributed by atoms with Crippen molar-refractivity contribution in [2.45, 2.75) is 25.8 Å². The number of carbonyl (C=O) groups excluding carboxylic acids is 2. The van der Waals surface area contributed by atoms with Crippen molar-refractivity contribution in [1.82, 2.24) is 21.3 Å². The molecule has 2 amide bonds. The van der Waals surface area contributed by atoms with Crippen LogP contribution in [-0.4, -0.2) is 63.1 Å². The molecule has 0 bridgehead atoms. The van der Waals surface area contributed by atoms with Crippen LogP contribution in [0.5, 0.6) is 23.0 Å². The Morgan fingerprint density at radius 2 is 1.27 bits per heavy atom. The fraction of sp³-hybridized carbons (Fsp3) is 0.360. The molecule has 0 saturated carbocycles. The number of amides is 2. The van der Waals surface area contributed by atoms with E-state index >= 15 is 0 Å². The molecule has 0 aliphatic carbocycles. The third-order valence-electron chi connectivity index (χ3n) is 5.36. The number of ether oxygens (including phenoxy) is 4. The molecule has 37 heavy (non-hydrogen) atoms. The number of nitrogens with one attached hydrogen (secondary N) is 4. The van der Waals surface area contributed by atoms with E-state index in [1.165, 1.54) is 28.4 Å². The zero-order valence-electron chi connectivity index (χ0n) is 21.4. The monoisotopic (exact) mass is 548 g/mol. The molecule has 10 nitrogen and oxygen atoms in total. The van der Waals surface area contributed by atoms with Gasteiger partial charge in [0.1, 0.15) is 0 Å². The van der Waals surface area contributed by atoms with Crippen LogP contribution in [-0.2, 0) is 0 Å². The lowest BCUT2D eigenvalue weighted by atomic mass is 10.1. The Hall–Kier alpha value is -3.64. The van der Waals surface area contributed by atoms with Gasteiger partial charge in [-0.2, -0.15) is 0 Å². The summed E-state index contributed by atoms with van der Waals surface area (Å²) in [5.74, 6) is 0.693. The molecule has 1 atom stereocenters. The summed E-state index contributed by atoms with van der Waals surface area (Å²) >= 11 is 10.6. The van der Waals surface area contributed by atoms with E-state index in [9.17, 15) is 9.59 Å². The zero-order valence-corrected chi connectivity index (χ0v) is 23.1. The average Bonchev–Trinajstić information content (AvgIpc) is 2.90. The summed E-state index contributed by atoms with van der Waals surface area (Å²) in [5, 5.41) is 11.8. The first kappa shape index (κ1) is 29.6. The molecule has 0 spiro atoms. The maximum absolute atomic E-state index is 12.7. The molecule has 0 fully saturated rings. The van der Waals surface area contributed by atoms with Crippen molar-refractivity contribution < 1.29 is 28.5 Å². The molecule has 0 radical (unpaired) electrons. The first-order valence-corrected chi connectivity index (χ1v) is 12.2. The van der Waals surface area contributed by atoms with Crippen LogP contribution in [0.3, 0.4) is 0 Å². The Kier molecular flexibility index (Phi) is 11.8. The predicted octanol–water partition coefficient (Wildman–Crippen LogP) is 2.80. The highest BCUT2D eigenvalue weighted by molar-refractivity contribution is 7.80. The highest BCUT2D eigenvalue weighted by Gasteiger charge is 2.19. The van der Waals surface area contributed by atoms with Crippen LogP contribution in [0.15, 0.2) is 36.4 Å². The van der Waals surface area contributed by atoms with Crippen LogP contribution < -0.4 is 40.2 Å². The number of para-hydroxylation sites is 2. The summed E-state index contributed by atoms with van der Waals surface area (Å²) in [5.41, 5.74) is 0.599. The van der Waals surface area contributed by atoms with E-state index in [1.807, 2.05) is 6.92 Å². The number of rotatable bonds is 11. The molecule has 2 aromatic rings. The van der Waals surface area contributed by atoms with Crippen molar-refractivity contribution in [2.75, 3.05) is 35.0 Å². The Bertz CT molecular complexity index is 1130. The highest BCUT2D eigenvalue weighted by atomic mass is 32.1. The summed E-state index contributed by atoms with van der Waals surface area (Å²) in [7, 11) is 5.92. The lowest BCUT2D eigenvalue weighted by molar-refractivity contribution is 0.0964. The molecule has 2 aromatic carbocycles. The summed E-state index contributed by atoms with van der Waals surface area (Å²) < 4.78 is 21.1. The first-order chi connectivity index (χ1) is 17.8. The van der Waals surface area contributed by atoms with Crippen molar-refractivity contribution in [3.05, 3.63) is 47.5 Å². The third-order valence-corrected chi connectivity index (χ3v) is 5.82. The largest absolute Gasteiger partial charge is 0.493 e. The molecular formula is C25H32N4O6S2. The van der Waals surface area contributed by atoms with Crippen LogP contribution in [0.1, 0.15) is 40.5 Å². The lowest BCUT2D eigenvalue weighted by Gasteiger charge is -2.20. The van der Waals surface area contributed by atoms with Gasteiger partial charge in [0.05, 0.1) is 39.6 Å². The molecule has 0 aromatic heterocycles. The van der Waals surface area contributed by atoms with Gasteiger partial charge in [-0.15, -0.1) is 0 Å². The van der Waals surface area contributed by atoms with Gasteiger partial charge in [0.15, 0.2) is 33.2 Å². The van der Waals surface area contributed by atoms with E-state index in [0.717, 1.165) is 6.42 Å². The minimum atomic E-state index is -0.421. The normalized spacial score (nSPS) is 10.9. The van der Waals surface area contributed by atoms with Crippen LogP contribution in [0.25, 0.3) is 0 Å². The van der Waals surface area contributed by atoms with Crippen LogP contribution in [0, 0.1) is 0 Å². The number of thiocarbonyl (C=S) groups is 2. The Labute approximate surface area is 227 Å². The molecule has 2 rings (SSSR count). The number of methoxy groups -OCH3 is 4. The van der Waals surface area contributed by atoms with Crippen molar-refractivity contribution in [1.29, 1.82) is 0 Å². The number of carbonyl (C=O) groups is 2. The van der Waals surface area contributed by atoms with Crippen LogP contribution >= 0.6 is 24.4 Å². The fourth-order valence-corrected chi connectivity index (χ4v) is 3.93. The standard InChI is InChI=1S/C25H32N4O6S2/c1-6-15(27-25(37)29-23(31)17-10-8-12-19(33-3)21(17)35-5)13-14-26-24(36)28-22(30)16-9-7-11-18(32-2)20(16)34-4/h7-12,15H,6,13-14H2,1-5H3,(H2,26,28,30,36)(H2,27,29,31,37). The molecule has 12 heteroatoms. The number of hydrogen-bond acceptors (Lipinski definition) is 8. The second-order valence-corrected chi connectivity index (χ2v) is 8.43. The highest BCUT2D eigenvalue weighted by Crippen LogP contribution is 2.31. The van der Waals surface area contributed by atoms with E-state index in [0.29, 0.717) is 47.1 Å². The van der Waals surface area contributed by atoms with Crippen LogP contribution in [0.4, 0.5) is 0 Å². The van der Waals surface area contributed by atoms with Crippen LogP contribution in [0.2, 0.25) is 0 Å². The second-order valence-electron chi connectivity index (χ2n) is 7.61. The fourth-order valence-electron chi connectivity index (χ4n) is 3.48. The van der Waals surface area contributed by atoms with E-state index in [2.05, 4.69) is 21.3 Å². The van der Waals surface area contributed by atoms with Gasteiger partial charge in [0.25, 0.3) is 11.8 Å². The van der Waals surface area contributed by atoms with E-state index in [-0.39, 0.29) is 16.3 Å². The van der Waals surface area contributed by atoms with E-state index < -0.39 is 11.8 Å². The van der Waals surface area contributed by atoms with Crippen molar-refractivity contribution in [2.24, 2.45) is 0 Å².